The molecule has 0 bridgehead atoms. The van der Waals surface area contributed by atoms with E-state index in [9.17, 15) is 15.0 Å². The van der Waals surface area contributed by atoms with Crippen molar-refractivity contribution in [3.63, 3.8) is 0 Å². The van der Waals surface area contributed by atoms with E-state index < -0.39 is 5.97 Å². The van der Waals surface area contributed by atoms with Crippen LogP contribution in [0.4, 0.5) is 11.4 Å². The molecule has 0 aliphatic carbocycles. The van der Waals surface area contributed by atoms with E-state index in [0.29, 0.717) is 23.4 Å². The van der Waals surface area contributed by atoms with Crippen LogP contribution in [0.3, 0.4) is 0 Å². The molecule has 5 heteroatoms. The quantitative estimate of drug-likeness (QED) is 0.784. The maximum absolute atomic E-state index is 11.3. The number of rotatable bonds is 5. The molecule has 0 saturated carbocycles. The second-order valence-electron chi connectivity index (χ2n) is 5.44. The van der Waals surface area contributed by atoms with Crippen LogP contribution in [-0.2, 0) is 6.42 Å². The van der Waals surface area contributed by atoms with E-state index in [1.54, 1.807) is 18.2 Å². The molecule has 0 radical (unpaired) electrons. The van der Waals surface area contributed by atoms with E-state index in [0.717, 1.165) is 0 Å². The van der Waals surface area contributed by atoms with Crippen LogP contribution in [0, 0.1) is 5.92 Å². The Bertz CT molecular complexity index is 695. The van der Waals surface area contributed by atoms with Gasteiger partial charge in [0.05, 0.1) is 11.4 Å². The van der Waals surface area contributed by atoms with E-state index in [2.05, 4.69) is 10.2 Å². The fraction of sp³-hybridized carbons (Fsp3) is 0.235. The van der Waals surface area contributed by atoms with Gasteiger partial charge in [-0.15, -0.1) is 0 Å². The molecular formula is C17H18N2O3. The van der Waals surface area contributed by atoms with E-state index in [1.165, 1.54) is 6.07 Å². The van der Waals surface area contributed by atoms with Gasteiger partial charge >= 0.3 is 5.97 Å². The zero-order chi connectivity index (χ0) is 16.1. The molecule has 2 rings (SSSR count). The standard InChI is InChI=1S/C17H18N2O3/c1-11(2)8-12-9-14(10-15(16(12)20)17(21)22)19-18-13-6-4-3-5-7-13/h3-7,9-11,20H,8H2,1-2H3,(H,21,22). The van der Waals surface area contributed by atoms with E-state index in [4.69, 9.17) is 0 Å². The van der Waals surface area contributed by atoms with E-state index >= 15 is 0 Å². The van der Waals surface area contributed by atoms with Gasteiger partial charge in [-0.25, -0.2) is 4.79 Å². The normalized spacial score (nSPS) is 11.2. The lowest BCUT2D eigenvalue weighted by atomic mass is 9.99. The predicted octanol–water partition coefficient (Wildman–Crippen LogP) is 4.70. The zero-order valence-corrected chi connectivity index (χ0v) is 12.5. The first-order valence-corrected chi connectivity index (χ1v) is 7.03. The molecular weight excluding hydrogens is 280 g/mol. The summed E-state index contributed by atoms with van der Waals surface area (Å²) in [5.74, 6) is -1.09. The molecule has 0 aliphatic heterocycles. The molecule has 0 amide bonds. The maximum atomic E-state index is 11.3. The van der Waals surface area contributed by atoms with Crippen LogP contribution in [0.25, 0.3) is 0 Å². The van der Waals surface area contributed by atoms with Crippen LogP contribution in [-0.4, -0.2) is 16.2 Å². The Morgan fingerprint density at radius 3 is 2.32 bits per heavy atom. The van der Waals surface area contributed by atoms with E-state index in [-0.39, 0.29) is 17.2 Å². The van der Waals surface area contributed by atoms with Crippen molar-refractivity contribution in [3.8, 4) is 5.75 Å². The highest BCUT2D eigenvalue weighted by molar-refractivity contribution is 5.92. The average molecular weight is 298 g/mol. The summed E-state index contributed by atoms with van der Waals surface area (Å²) < 4.78 is 0. The molecule has 0 spiro atoms. The van der Waals surface area contributed by atoms with Crippen molar-refractivity contribution in [3.05, 3.63) is 53.6 Å². The first-order valence-electron chi connectivity index (χ1n) is 7.03. The second kappa shape index (κ2) is 6.85. The summed E-state index contributed by atoms with van der Waals surface area (Å²) in [5, 5.41) is 27.4. The highest BCUT2D eigenvalue weighted by Gasteiger charge is 2.16. The number of aromatic hydroxyl groups is 1. The summed E-state index contributed by atoms with van der Waals surface area (Å²) in [6.07, 6.45) is 0.570. The highest BCUT2D eigenvalue weighted by atomic mass is 16.4. The van der Waals surface area contributed by atoms with Gasteiger partial charge in [0.25, 0.3) is 0 Å². The summed E-state index contributed by atoms with van der Waals surface area (Å²) in [5.41, 5.74) is 1.50. The monoisotopic (exact) mass is 298 g/mol. The van der Waals surface area contributed by atoms with Gasteiger partial charge in [0.15, 0.2) is 0 Å². The number of nitrogens with zero attached hydrogens (tertiary/aromatic N) is 2. The fourth-order valence-corrected chi connectivity index (χ4v) is 2.10. The molecule has 114 valence electrons. The molecule has 2 aromatic carbocycles. The highest BCUT2D eigenvalue weighted by Crippen LogP contribution is 2.31. The van der Waals surface area contributed by atoms with Crippen LogP contribution in [0.5, 0.6) is 5.75 Å². The van der Waals surface area contributed by atoms with E-state index in [1.807, 2.05) is 32.0 Å². The number of carbonyl (C=O) groups is 1. The number of aromatic carboxylic acids is 1. The molecule has 0 fully saturated rings. The maximum Gasteiger partial charge on any atom is 0.339 e. The van der Waals surface area contributed by atoms with Crippen molar-refractivity contribution < 1.29 is 15.0 Å². The first-order chi connectivity index (χ1) is 10.5. The van der Waals surface area contributed by atoms with Gasteiger partial charge in [-0.2, -0.15) is 10.2 Å². The Kier molecular flexibility index (Phi) is 4.88. The Balaban J connectivity index is 2.40. The van der Waals surface area contributed by atoms with Gasteiger partial charge in [-0.05, 0) is 42.2 Å². The van der Waals surface area contributed by atoms with Crippen LogP contribution in [0.15, 0.2) is 52.7 Å². The molecule has 0 heterocycles. The van der Waals surface area contributed by atoms with Crippen molar-refractivity contribution in [1.82, 2.24) is 0 Å². The predicted molar refractivity (Wildman–Crippen MR) is 84.2 cm³/mol. The van der Waals surface area contributed by atoms with Gasteiger partial charge in [0.1, 0.15) is 11.3 Å². The second-order valence-corrected chi connectivity index (χ2v) is 5.44. The zero-order valence-electron chi connectivity index (χ0n) is 12.5. The molecule has 0 unspecified atom stereocenters. The van der Waals surface area contributed by atoms with Crippen molar-refractivity contribution in [2.45, 2.75) is 20.3 Å². The van der Waals surface area contributed by atoms with Gasteiger partial charge in [0.2, 0.25) is 0 Å². The molecule has 5 nitrogen and oxygen atoms in total. The van der Waals surface area contributed by atoms with Crippen molar-refractivity contribution in [2.75, 3.05) is 0 Å². The minimum Gasteiger partial charge on any atom is -0.507 e. The summed E-state index contributed by atoms with van der Waals surface area (Å²) in [6, 6.07) is 12.2. The number of hydrogen-bond donors (Lipinski definition) is 2. The molecule has 2 N–H and O–H groups in total. The number of benzene rings is 2. The molecule has 0 aromatic heterocycles. The first kappa shape index (κ1) is 15.7. The summed E-state index contributed by atoms with van der Waals surface area (Å²) in [7, 11) is 0. The fourth-order valence-electron chi connectivity index (χ4n) is 2.10. The number of phenols is 1. The van der Waals surface area contributed by atoms with Crippen LogP contribution in [0.1, 0.15) is 29.8 Å². The van der Waals surface area contributed by atoms with Crippen LogP contribution >= 0.6 is 0 Å². The lowest BCUT2D eigenvalue weighted by Gasteiger charge is -2.10. The summed E-state index contributed by atoms with van der Waals surface area (Å²) in [4.78, 5) is 11.3. The molecule has 2 aromatic rings. The Morgan fingerprint density at radius 1 is 1.09 bits per heavy atom. The number of hydrogen-bond acceptors (Lipinski definition) is 4. The molecule has 0 saturated heterocycles. The number of carboxylic acids is 1. The van der Waals surface area contributed by atoms with Gasteiger partial charge in [-0.1, -0.05) is 32.0 Å². The lowest BCUT2D eigenvalue weighted by molar-refractivity contribution is 0.0693. The largest absolute Gasteiger partial charge is 0.507 e. The van der Waals surface area contributed by atoms with Crippen LogP contribution < -0.4 is 0 Å². The minimum atomic E-state index is -1.18. The summed E-state index contributed by atoms with van der Waals surface area (Å²) in [6.45, 7) is 4.00. The Hall–Kier alpha value is -2.69. The third-order valence-corrected chi connectivity index (χ3v) is 3.07. The summed E-state index contributed by atoms with van der Waals surface area (Å²) >= 11 is 0. The van der Waals surface area contributed by atoms with Crippen molar-refractivity contribution >= 4 is 17.3 Å². The lowest BCUT2D eigenvalue weighted by Crippen LogP contribution is -2.01. The molecule has 0 atom stereocenters. The van der Waals surface area contributed by atoms with Crippen LogP contribution in [0.2, 0.25) is 0 Å². The number of azo groups is 1. The smallest absolute Gasteiger partial charge is 0.339 e. The third-order valence-electron chi connectivity index (χ3n) is 3.07. The molecule has 0 aliphatic rings. The minimum absolute atomic E-state index is 0.153. The molecule has 22 heavy (non-hydrogen) atoms. The van der Waals surface area contributed by atoms with Crippen molar-refractivity contribution in [1.29, 1.82) is 0 Å². The Labute approximate surface area is 129 Å². The average Bonchev–Trinajstić information content (AvgIpc) is 2.48. The Morgan fingerprint density at radius 2 is 1.73 bits per heavy atom. The number of carboxylic acid groups (broad SMARTS) is 1. The SMILES string of the molecule is CC(C)Cc1cc(N=Nc2ccccc2)cc(C(=O)O)c1O. The topological polar surface area (TPSA) is 82.2 Å². The third kappa shape index (κ3) is 3.91. The van der Waals surface area contributed by atoms with Gasteiger partial charge in [-0.3, -0.25) is 0 Å². The van der Waals surface area contributed by atoms with Crippen molar-refractivity contribution in [2.24, 2.45) is 16.1 Å². The van der Waals surface area contributed by atoms with Gasteiger partial charge in [0, 0.05) is 0 Å². The van der Waals surface area contributed by atoms with Gasteiger partial charge < -0.3 is 10.2 Å².